The number of hydrogen-bond donors (Lipinski definition) is 1. The predicted octanol–water partition coefficient (Wildman–Crippen LogP) is 3.04. The van der Waals surface area contributed by atoms with E-state index in [1.54, 1.807) is 0 Å². The minimum absolute atomic E-state index is 0.199. The highest BCUT2D eigenvalue weighted by atomic mass is 16.5. The van der Waals surface area contributed by atoms with Crippen LogP contribution in [0.5, 0.6) is 5.75 Å². The Balaban J connectivity index is 2.37. The van der Waals surface area contributed by atoms with Gasteiger partial charge in [-0.05, 0) is 36.0 Å². The summed E-state index contributed by atoms with van der Waals surface area (Å²) in [4.78, 5) is 0. The maximum Gasteiger partial charge on any atom is 0.119 e. The first-order valence-electron chi connectivity index (χ1n) is 5.84. The molecule has 2 heteroatoms. The molecule has 0 saturated heterocycles. The summed E-state index contributed by atoms with van der Waals surface area (Å²) < 4.78 is 5.65. The summed E-state index contributed by atoms with van der Waals surface area (Å²) in [6.07, 6.45) is 1.76. The highest BCUT2D eigenvalue weighted by Crippen LogP contribution is 2.19. The fourth-order valence-electron chi connectivity index (χ4n) is 1.36. The summed E-state index contributed by atoms with van der Waals surface area (Å²) in [5.74, 6) is 0.908. The summed E-state index contributed by atoms with van der Waals surface area (Å²) in [6.45, 7) is 7.58. The van der Waals surface area contributed by atoms with Crippen molar-refractivity contribution in [2.45, 2.75) is 33.6 Å². The molecule has 0 aliphatic carbocycles. The topological polar surface area (TPSA) is 29.5 Å². The van der Waals surface area contributed by atoms with E-state index in [0.29, 0.717) is 11.8 Å². The summed E-state index contributed by atoms with van der Waals surface area (Å²) in [6, 6.07) is 7.94. The standard InChI is InChI=1S/C14H22O2/c1-14(2,3)9-11-16-13-6-4-12(5-7-13)8-10-15/h4-7,15H,8-11H2,1-3H3. The Morgan fingerprint density at radius 1 is 1.12 bits per heavy atom. The molecular weight excluding hydrogens is 200 g/mol. The van der Waals surface area contributed by atoms with Crippen LogP contribution in [0.3, 0.4) is 0 Å². The zero-order valence-corrected chi connectivity index (χ0v) is 10.5. The molecule has 0 aliphatic heterocycles. The van der Waals surface area contributed by atoms with Crippen LogP contribution < -0.4 is 4.74 Å². The Bertz CT molecular complexity index is 296. The van der Waals surface area contributed by atoms with Gasteiger partial charge in [0, 0.05) is 6.61 Å². The first-order chi connectivity index (χ1) is 7.51. The monoisotopic (exact) mass is 222 g/mol. The number of aliphatic hydroxyl groups excluding tert-OH is 1. The molecule has 0 atom stereocenters. The van der Waals surface area contributed by atoms with Crippen molar-refractivity contribution in [1.29, 1.82) is 0 Å². The highest BCUT2D eigenvalue weighted by Gasteiger charge is 2.09. The zero-order chi connectivity index (χ0) is 12.0. The Morgan fingerprint density at radius 2 is 1.75 bits per heavy atom. The number of rotatable bonds is 5. The molecule has 1 N–H and O–H groups in total. The summed E-state index contributed by atoms with van der Waals surface area (Å²) in [5, 5.41) is 8.79. The van der Waals surface area contributed by atoms with Crippen molar-refractivity contribution >= 4 is 0 Å². The van der Waals surface area contributed by atoms with Gasteiger partial charge in [-0.25, -0.2) is 0 Å². The van der Waals surface area contributed by atoms with E-state index in [9.17, 15) is 0 Å². The average molecular weight is 222 g/mol. The fraction of sp³-hybridized carbons (Fsp3) is 0.571. The molecule has 1 aromatic carbocycles. The van der Waals surface area contributed by atoms with E-state index in [4.69, 9.17) is 9.84 Å². The molecular formula is C14H22O2. The zero-order valence-electron chi connectivity index (χ0n) is 10.5. The van der Waals surface area contributed by atoms with E-state index in [1.165, 1.54) is 0 Å². The van der Waals surface area contributed by atoms with Gasteiger partial charge in [0.15, 0.2) is 0 Å². The van der Waals surface area contributed by atoms with Gasteiger partial charge in [-0.2, -0.15) is 0 Å². The number of benzene rings is 1. The minimum atomic E-state index is 0.199. The van der Waals surface area contributed by atoms with E-state index in [2.05, 4.69) is 20.8 Å². The molecule has 0 heterocycles. The van der Waals surface area contributed by atoms with Gasteiger partial charge < -0.3 is 9.84 Å². The van der Waals surface area contributed by atoms with Crippen molar-refractivity contribution in [2.24, 2.45) is 5.41 Å². The van der Waals surface area contributed by atoms with Crippen LogP contribution in [0.15, 0.2) is 24.3 Å². The lowest BCUT2D eigenvalue weighted by atomic mass is 9.93. The number of ether oxygens (including phenoxy) is 1. The molecule has 0 bridgehead atoms. The predicted molar refractivity (Wildman–Crippen MR) is 66.8 cm³/mol. The van der Waals surface area contributed by atoms with Crippen molar-refractivity contribution in [3.05, 3.63) is 29.8 Å². The lowest BCUT2D eigenvalue weighted by molar-refractivity contribution is 0.243. The van der Waals surface area contributed by atoms with Crippen molar-refractivity contribution in [1.82, 2.24) is 0 Å². The van der Waals surface area contributed by atoms with Crippen LogP contribution in [0, 0.1) is 5.41 Å². The Morgan fingerprint density at radius 3 is 2.25 bits per heavy atom. The van der Waals surface area contributed by atoms with E-state index >= 15 is 0 Å². The van der Waals surface area contributed by atoms with E-state index < -0.39 is 0 Å². The number of hydrogen-bond acceptors (Lipinski definition) is 2. The molecule has 0 unspecified atom stereocenters. The molecule has 1 rings (SSSR count). The lowest BCUT2D eigenvalue weighted by Gasteiger charge is -2.18. The second-order valence-electron chi connectivity index (χ2n) is 5.28. The smallest absolute Gasteiger partial charge is 0.119 e. The van der Waals surface area contributed by atoms with Crippen molar-refractivity contribution in [3.63, 3.8) is 0 Å². The highest BCUT2D eigenvalue weighted by molar-refractivity contribution is 5.27. The Labute approximate surface area is 98.3 Å². The molecule has 16 heavy (non-hydrogen) atoms. The van der Waals surface area contributed by atoms with Crippen LogP contribution >= 0.6 is 0 Å². The Hall–Kier alpha value is -1.02. The molecule has 1 aromatic rings. The van der Waals surface area contributed by atoms with Crippen molar-refractivity contribution in [2.75, 3.05) is 13.2 Å². The van der Waals surface area contributed by atoms with Crippen LogP contribution in [0.4, 0.5) is 0 Å². The van der Waals surface area contributed by atoms with Gasteiger partial charge in [-0.3, -0.25) is 0 Å². The van der Waals surface area contributed by atoms with Gasteiger partial charge in [-0.15, -0.1) is 0 Å². The van der Waals surface area contributed by atoms with Gasteiger partial charge >= 0.3 is 0 Å². The van der Waals surface area contributed by atoms with E-state index in [0.717, 1.165) is 24.3 Å². The van der Waals surface area contributed by atoms with Crippen molar-refractivity contribution < 1.29 is 9.84 Å². The molecule has 0 aromatic heterocycles. The quantitative estimate of drug-likeness (QED) is 0.829. The molecule has 0 aliphatic rings. The summed E-state index contributed by atoms with van der Waals surface area (Å²) in [7, 11) is 0. The largest absolute Gasteiger partial charge is 0.494 e. The first kappa shape index (κ1) is 13.0. The maximum absolute atomic E-state index is 8.79. The van der Waals surface area contributed by atoms with Gasteiger partial charge in [0.05, 0.1) is 6.61 Å². The first-order valence-corrected chi connectivity index (χ1v) is 5.84. The van der Waals surface area contributed by atoms with Gasteiger partial charge in [-0.1, -0.05) is 32.9 Å². The minimum Gasteiger partial charge on any atom is -0.494 e. The van der Waals surface area contributed by atoms with Crippen molar-refractivity contribution in [3.8, 4) is 5.75 Å². The summed E-state index contributed by atoms with van der Waals surface area (Å²) >= 11 is 0. The average Bonchev–Trinajstić information content (AvgIpc) is 2.19. The van der Waals surface area contributed by atoms with Gasteiger partial charge in [0.25, 0.3) is 0 Å². The SMILES string of the molecule is CC(C)(C)CCOc1ccc(CCO)cc1. The maximum atomic E-state index is 8.79. The van der Waals surface area contributed by atoms with Crippen LogP contribution in [-0.4, -0.2) is 18.3 Å². The van der Waals surface area contributed by atoms with Gasteiger partial charge in [0.1, 0.15) is 5.75 Å². The van der Waals surface area contributed by atoms with E-state index in [1.807, 2.05) is 24.3 Å². The van der Waals surface area contributed by atoms with Gasteiger partial charge in [0.2, 0.25) is 0 Å². The lowest BCUT2D eigenvalue weighted by Crippen LogP contribution is -2.11. The second kappa shape index (κ2) is 5.90. The molecule has 0 spiro atoms. The number of aliphatic hydroxyl groups is 1. The second-order valence-corrected chi connectivity index (χ2v) is 5.28. The molecule has 90 valence electrons. The third-order valence-corrected chi connectivity index (χ3v) is 2.44. The summed E-state index contributed by atoms with van der Waals surface area (Å²) in [5.41, 5.74) is 1.46. The molecule has 0 radical (unpaired) electrons. The van der Waals surface area contributed by atoms with E-state index in [-0.39, 0.29) is 6.61 Å². The third kappa shape index (κ3) is 5.17. The molecule has 0 amide bonds. The van der Waals surface area contributed by atoms with Crippen LogP contribution in [-0.2, 0) is 6.42 Å². The normalized spacial score (nSPS) is 11.5. The van der Waals surface area contributed by atoms with Crippen LogP contribution in [0.25, 0.3) is 0 Å². The molecule has 0 fully saturated rings. The Kier molecular flexibility index (Phi) is 4.81. The van der Waals surface area contributed by atoms with Crippen LogP contribution in [0.1, 0.15) is 32.8 Å². The third-order valence-electron chi connectivity index (χ3n) is 2.44. The fourth-order valence-corrected chi connectivity index (χ4v) is 1.36. The molecule has 0 saturated carbocycles. The van der Waals surface area contributed by atoms with Crippen LogP contribution in [0.2, 0.25) is 0 Å². The molecule has 2 nitrogen and oxygen atoms in total.